The quantitative estimate of drug-likeness (QED) is 0.552. The zero-order chi connectivity index (χ0) is 13.5. The number of nitro benzene ring substituents is 1. The highest BCUT2D eigenvalue weighted by Crippen LogP contribution is 2.22. The Kier molecular flexibility index (Phi) is 5.70. The van der Waals surface area contributed by atoms with Crippen LogP contribution in [-0.4, -0.2) is 46.3 Å². The highest BCUT2D eigenvalue weighted by atomic mass is 16.6. The number of hydrogen-bond acceptors (Lipinski definition) is 5. The van der Waals surface area contributed by atoms with Gasteiger partial charge in [0.2, 0.25) is 0 Å². The number of nitro groups is 1. The Morgan fingerprint density at radius 2 is 1.89 bits per heavy atom. The molecule has 0 bridgehead atoms. The Morgan fingerprint density at radius 3 is 2.39 bits per heavy atom. The summed E-state index contributed by atoms with van der Waals surface area (Å²) in [7, 11) is 0. The Hall–Kier alpha value is -1.50. The fraction of sp³-hybridized carbons (Fsp3) is 0.500. The molecule has 0 spiro atoms. The van der Waals surface area contributed by atoms with Crippen molar-refractivity contribution in [3.8, 4) is 0 Å². The second kappa shape index (κ2) is 7.05. The normalized spacial score (nSPS) is 10.9. The van der Waals surface area contributed by atoms with E-state index < -0.39 is 4.92 Å². The largest absolute Gasteiger partial charge is 0.395 e. The van der Waals surface area contributed by atoms with Crippen LogP contribution in [0.3, 0.4) is 0 Å². The number of aliphatic hydroxyl groups excluding tert-OH is 2. The molecule has 0 atom stereocenters. The topological polar surface area (TPSA) is 86.8 Å². The van der Waals surface area contributed by atoms with Crippen molar-refractivity contribution < 1.29 is 15.1 Å². The van der Waals surface area contributed by atoms with Crippen LogP contribution in [-0.2, 0) is 6.54 Å². The monoisotopic (exact) mass is 254 g/mol. The van der Waals surface area contributed by atoms with Crippen molar-refractivity contribution in [3.63, 3.8) is 0 Å². The van der Waals surface area contributed by atoms with Crippen LogP contribution in [0.15, 0.2) is 18.2 Å². The fourth-order valence-corrected chi connectivity index (χ4v) is 1.83. The molecular formula is C12H18N2O4. The first-order valence-electron chi connectivity index (χ1n) is 5.77. The fourth-order valence-electron chi connectivity index (χ4n) is 1.83. The molecule has 100 valence electrons. The zero-order valence-corrected chi connectivity index (χ0v) is 10.4. The Bertz CT molecular complexity index is 403. The van der Waals surface area contributed by atoms with E-state index in [9.17, 15) is 10.1 Å². The standard InChI is InChI=1S/C12H18N2O4/c1-10-11(3-2-4-12(10)14(17)18)9-13(5-7-15)6-8-16/h2-4,15-16H,5-9H2,1H3. The van der Waals surface area contributed by atoms with E-state index in [0.29, 0.717) is 25.2 Å². The van der Waals surface area contributed by atoms with Crippen LogP contribution in [0, 0.1) is 17.0 Å². The molecule has 1 aromatic rings. The van der Waals surface area contributed by atoms with E-state index in [4.69, 9.17) is 10.2 Å². The SMILES string of the molecule is Cc1c(CN(CCO)CCO)cccc1[N+](=O)[O-]. The van der Waals surface area contributed by atoms with E-state index in [1.54, 1.807) is 13.0 Å². The maximum absolute atomic E-state index is 10.8. The van der Waals surface area contributed by atoms with Gasteiger partial charge in [-0.05, 0) is 12.5 Å². The molecule has 0 unspecified atom stereocenters. The third-order valence-electron chi connectivity index (χ3n) is 2.84. The van der Waals surface area contributed by atoms with Gasteiger partial charge >= 0.3 is 0 Å². The number of benzene rings is 1. The number of nitrogens with zero attached hydrogens (tertiary/aromatic N) is 2. The number of rotatable bonds is 7. The maximum Gasteiger partial charge on any atom is 0.272 e. The molecule has 2 N–H and O–H groups in total. The van der Waals surface area contributed by atoms with Crippen LogP contribution < -0.4 is 0 Å². The summed E-state index contributed by atoms with van der Waals surface area (Å²) >= 11 is 0. The van der Waals surface area contributed by atoms with Crippen molar-refractivity contribution in [3.05, 3.63) is 39.4 Å². The minimum atomic E-state index is -0.402. The molecule has 1 rings (SSSR count). The van der Waals surface area contributed by atoms with Crippen molar-refractivity contribution in [2.75, 3.05) is 26.3 Å². The van der Waals surface area contributed by atoms with Crippen LogP contribution in [0.2, 0.25) is 0 Å². The van der Waals surface area contributed by atoms with Crippen LogP contribution >= 0.6 is 0 Å². The predicted molar refractivity (Wildman–Crippen MR) is 67.3 cm³/mol. The molecule has 6 nitrogen and oxygen atoms in total. The molecule has 0 fully saturated rings. The van der Waals surface area contributed by atoms with Crippen molar-refractivity contribution in [1.82, 2.24) is 4.90 Å². The molecule has 0 saturated heterocycles. The second-order valence-corrected chi connectivity index (χ2v) is 4.04. The summed E-state index contributed by atoms with van der Waals surface area (Å²) in [5, 5.41) is 28.7. The second-order valence-electron chi connectivity index (χ2n) is 4.04. The Labute approximate surface area is 106 Å². The van der Waals surface area contributed by atoms with E-state index in [1.807, 2.05) is 11.0 Å². The van der Waals surface area contributed by atoms with Crippen molar-refractivity contribution >= 4 is 5.69 Å². The van der Waals surface area contributed by atoms with Crippen LogP contribution in [0.1, 0.15) is 11.1 Å². The minimum Gasteiger partial charge on any atom is -0.395 e. The molecule has 0 aliphatic rings. The van der Waals surface area contributed by atoms with E-state index in [1.165, 1.54) is 6.07 Å². The van der Waals surface area contributed by atoms with E-state index in [-0.39, 0.29) is 18.9 Å². The van der Waals surface area contributed by atoms with Gasteiger partial charge in [0.05, 0.1) is 18.1 Å². The predicted octanol–water partition coefficient (Wildman–Crippen LogP) is 0.690. The van der Waals surface area contributed by atoms with E-state index in [2.05, 4.69) is 0 Å². The Balaban J connectivity index is 2.88. The molecule has 0 heterocycles. The summed E-state index contributed by atoms with van der Waals surface area (Å²) in [6.07, 6.45) is 0. The summed E-state index contributed by atoms with van der Waals surface area (Å²) in [5.41, 5.74) is 1.56. The van der Waals surface area contributed by atoms with Crippen molar-refractivity contribution in [1.29, 1.82) is 0 Å². The highest BCUT2D eigenvalue weighted by Gasteiger charge is 2.15. The molecule has 0 amide bonds. The molecule has 0 aliphatic heterocycles. The molecule has 18 heavy (non-hydrogen) atoms. The first kappa shape index (κ1) is 14.6. The van der Waals surface area contributed by atoms with Crippen molar-refractivity contribution in [2.45, 2.75) is 13.5 Å². The van der Waals surface area contributed by atoms with Gasteiger partial charge in [0.15, 0.2) is 0 Å². The van der Waals surface area contributed by atoms with Gasteiger partial charge in [-0.15, -0.1) is 0 Å². The number of aliphatic hydroxyl groups is 2. The summed E-state index contributed by atoms with van der Waals surface area (Å²) < 4.78 is 0. The third kappa shape index (κ3) is 3.76. The highest BCUT2D eigenvalue weighted by molar-refractivity contribution is 5.44. The molecule has 0 saturated carbocycles. The van der Waals surface area contributed by atoms with Gasteiger partial charge < -0.3 is 10.2 Å². The summed E-state index contributed by atoms with van der Waals surface area (Å²) in [6, 6.07) is 4.95. The first-order valence-corrected chi connectivity index (χ1v) is 5.77. The minimum absolute atomic E-state index is 0.00598. The average Bonchev–Trinajstić information content (AvgIpc) is 2.32. The zero-order valence-electron chi connectivity index (χ0n) is 10.4. The lowest BCUT2D eigenvalue weighted by molar-refractivity contribution is -0.385. The van der Waals surface area contributed by atoms with Gasteiger partial charge in [0, 0.05) is 31.3 Å². The lowest BCUT2D eigenvalue weighted by atomic mass is 10.1. The number of hydrogen-bond donors (Lipinski definition) is 2. The molecule has 0 aromatic heterocycles. The van der Waals surface area contributed by atoms with Crippen molar-refractivity contribution in [2.24, 2.45) is 0 Å². The van der Waals surface area contributed by atoms with Gasteiger partial charge in [-0.1, -0.05) is 12.1 Å². The summed E-state index contributed by atoms with van der Waals surface area (Å²) in [4.78, 5) is 12.3. The molecular weight excluding hydrogens is 236 g/mol. The molecule has 6 heteroatoms. The first-order chi connectivity index (χ1) is 8.60. The van der Waals surface area contributed by atoms with Gasteiger partial charge in [0.25, 0.3) is 5.69 Å². The summed E-state index contributed by atoms with van der Waals surface area (Å²) in [6.45, 7) is 3.05. The smallest absolute Gasteiger partial charge is 0.272 e. The van der Waals surface area contributed by atoms with Gasteiger partial charge in [-0.3, -0.25) is 15.0 Å². The van der Waals surface area contributed by atoms with E-state index >= 15 is 0 Å². The Morgan fingerprint density at radius 1 is 1.28 bits per heavy atom. The lowest BCUT2D eigenvalue weighted by Crippen LogP contribution is -2.29. The van der Waals surface area contributed by atoms with Gasteiger partial charge in [0.1, 0.15) is 0 Å². The van der Waals surface area contributed by atoms with Gasteiger partial charge in [-0.25, -0.2) is 0 Å². The molecule has 1 aromatic carbocycles. The average molecular weight is 254 g/mol. The maximum atomic E-state index is 10.8. The van der Waals surface area contributed by atoms with Crippen LogP contribution in [0.25, 0.3) is 0 Å². The molecule has 0 aliphatic carbocycles. The van der Waals surface area contributed by atoms with Crippen LogP contribution in [0.4, 0.5) is 5.69 Å². The van der Waals surface area contributed by atoms with Crippen LogP contribution in [0.5, 0.6) is 0 Å². The molecule has 0 radical (unpaired) electrons. The lowest BCUT2D eigenvalue weighted by Gasteiger charge is -2.21. The summed E-state index contributed by atoms with van der Waals surface area (Å²) in [5.74, 6) is 0. The van der Waals surface area contributed by atoms with Gasteiger partial charge in [-0.2, -0.15) is 0 Å². The third-order valence-corrected chi connectivity index (χ3v) is 2.84. The van der Waals surface area contributed by atoms with E-state index in [0.717, 1.165) is 5.56 Å².